The highest BCUT2D eigenvalue weighted by Crippen LogP contribution is 2.31. The second kappa shape index (κ2) is 5.67. The lowest BCUT2D eigenvalue weighted by molar-refractivity contribution is 0.0697. The first-order valence-corrected chi connectivity index (χ1v) is 7.08. The minimum atomic E-state index is -0.873. The van der Waals surface area contributed by atoms with Crippen LogP contribution >= 0.6 is 0 Å². The molecule has 2 rings (SSSR count). The summed E-state index contributed by atoms with van der Waals surface area (Å²) in [5.41, 5.74) is 9.44. The minimum Gasteiger partial charge on any atom is -0.478 e. The number of rotatable bonds is 5. The summed E-state index contributed by atoms with van der Waals surface area (Å²) < 4.78 is 2.16. The van der Waals surface area contributed by atoms with E-state index in [-0.39, 0.29) is 5.92 Å². The predicted octanol–water partition coefficient (Wildman–Crippen LogP) is 2.98. The van der Waals surface area contributed by atoms with Gasteiger partial charge in [0.2, 0.25) is 0 Å². The van der Waals surface area contributed by atoms with E-state index in [1.165, 1.54) is 5.56 Å². The van der Waals surface area contributed by atoms with Gasteiger partial charge in [-0.1, -0.05) is 20.8 Å². The Balaban J connectivity index is 2.82. The van der Waals surface area contributed by atoms with E-state index in [9.17, 15) is 9.90 Å². The number of nitrogens with two attached hydrogens (primary N) is 1. The van der Waals surface area contributed by atoms with Crippen LogP contribution in [0, 0.1) is 0 Å². The number of fused-ring (bicyclic) bond motifs is 1. The molecule has 20 heavy (non-hydrogen) atoms. The average molecular weight is 274 g/mol. The van der Waals surface area contributed by atoms with E-state index in [0.717, 1.165) is 29.4 Å². The van der Waals surface area contributed by atoms with Crippen molar-refractivity contribution in [3.63, 3.8) is 0 Å². The number of benzene rings is 1. The van der Waals surface area contributed by atoms with Crippen molar-refractivity contribution in [3.8, 4) is 0 Å². The van der Waals surface area contributed by atoms with Crippen LogP contribution in [0.1, 0.15) is 48.2 Å². The van der Waals surface area contributed by atoms with Gasteiger partial charge in [0, 0.05) is 24.7 Å². The Labute approximate surface area is 119 Å². The number of carboxylic acid groups (broad SMARTS) is 1. The van der Waals surface area contributed by atoms with Crippen molar-refractivity contribution < 1.29 is 9.90 Å². The molecule has 108 valence electrons. The molecule has 0 aliphatic heterocycles. The van der Waals surface area contributed by atoms with Crippen molar-refractivity contribution in [1.82, 2.24) is 4.57 Å². The number of carboxylic acids is 1. The summed E-state index contributed by atoms with van der Waals surface area (Å²) in [6.07, 6.45) is 2.99. The Bertz CT molecular complexity index is 641. The second-order valence-corrected chi connectivity index (χ2v) is 5.41. The Morgan fingerprint density at radius 1 is 1.40 bits per heavy atom. The third-order valence-electron chi connectivity index (χ3n) is 3.70. The largest absolute Gasteiger partial charge is 0.478 e. The molecule has 0 aliphatic carbocycles. The Hall–Kier alpha value is -1.81. The molecule has 2 aromatic rings. The lowest BCUT2D eigenvalue weighted by Crippen LogP contribution is -2.10. The zero-order valence-corrected chi connectivity index (χ0v) is 12.3. The second-order valence-electron chi connectivity index (χ2n) is 5.41. The molecule has 3 N–H and O–H groups in total. The number of hydrogen-bond acceptors (Lipinski definition) is 2. The SMILES string of the molecule is CCc1cn(CCN)c2c(C(C)C)cc(C(=O)O)cc12. The van der Waals surface area contributed by atoms with Crippen LogP contribution in [0.2, 0.25) is 0 Å². The Morgan fingerprint density at radius 3 is 2.60 bits per heavy atom. The summed E-state index contributed by atoms with van der Waals surface area (Å²) >= 11 is 0. The van der Waals surface area contributed by atoms with Crippen LogP contribution < -0.4 is 5.73 Å². The molecular weight excluding hydrogens is 252 g/mol. The number of carbonyl (C=O) groups is 1. The predicted molar refractivity (Wildman–Crippen MR) is 81.4 cm³/mol. The third kappa shape index (κ3) is 2.43. The molecule has 0 fully saturated rings. The van der Waals surface area contributed by atoms with Gasteiger partial charge >= 0.3 is 5.97 Å². The van der Waals surface area contributed by atoms with E-state index in [1.807, 2.05) is 0 Å². The Kier molecular flexibility index (Phi) is 4.14. The van der Waals surface area contributed by atoms with Gasteiger partial charge < -0.3 is 15.4 Å². The number of aryl methyl sites for hydroxylation is 1. The van der Waals surface area contributed by atoms with E-state index in [0.29, 0.717) is 12.1 Å². The molecular formula is C16H22N2O2. The van der Waals surface area contributed by atoms with Crippen LogP contribution in [-0.2, 0) is 13.0 Å². The van der Waals surface area contributed by atoms with Gasteiger partial charge in [-0.05, 0) is 35.6 Å². The normalized spacial score (nSPS) is 11.4. The molecule has 1 heterocycles. The van der Waals surface area contributed by atoms with Gasteiger partial charge in [-0.15, -0.1) is 0 Å². The molecule has 4 heteroatoms. The lowest BCUT2D eigenvalue weighted by atomic mass is 9.96. The monoisotopic (exact) mass is 274 g/mol. The van der Waals surface area contributed by atoms with Crippen molar-refractivity contribution in [2.75, 3.05) is 6.54 Å². The van der Waals surface area contributed by atoms with Gasteiger partial charge in [-0.25, -0.2) is 4.79 Å². The van der Waals surface area contributed by atoms with E-state index in [4.69, 9.17) is 5.73 Å². The highest BCUT2D eigenvalue weighted by molar-refractivity contribution is 5.97. The molecule has 0 atom stereocenters. The smallest absolute Gasteiger partial charge is 0.335 e. The van der Waals surface area contributed by atoms with Crippen LogP contribution in [0.25, 0.3) is 10.9 Å². The number of aromatic carboxylic acids is 1. The van der Waals surface area contributed by atoms with Crippen LogP contribution in [0.15, 0.2) is 18.3 Å². The van der Waals surface area contributed by atoms with Crippen molar-refractivity contribution in [3.05, 3.63) is 35.0 Å². The molecule has 0 radical (unpaired) electrons. The third-order valence-corrected chi connectivity index (χ3v) is 3.70. The number of nitrogens with zero attached hydrogens (tertiary/aromatic N) is 1. The molecule has 0 saturated carbocycles. The summed E-state index contributed by atoms with van der Waals surface area (Å²) in [6, 6.07) is 3.58. The minimum absolute atomic E-state index is 0.271. The Morgan fingerprint density at radius 2 is 2.10 bits per heavy atom. The van der Waals surface area contributed by atoms with Gasteiger partial charge in [0.05, 0.1) is 11.1 Å². The van der Waals surface area contributed by atoms with E-state index >= 15 is 0 Å². The van der Waals surface area contributed by atoms with Crippen LogP contribution in [0.5, 0.6) is 0 Å². The van der Waals surface area contributed by atoms with Gasteiger partial charge in [-0.3, -0.25) is 0 Å². The lowest BCUT2D eigenvalue weighted by Gasteiger charge is -2.13. The highest BCUT2D eigenvalue weighted by Gasteiger charge is 2.17. The molecule has 0 unspecified atom stereocenters. The summed E-state index contributed by atoms with van der Waals surface area (Å²) in [5.74, 6) is -0.602. The molecule has 0 saturated heterocycles. The van der Waals surface area contributed by atoms with Crippen molar-refractivity contribution in [2.45, 2.75) is 39.7 Å². The molecule has 0 amide bonds. The molecule has 0 spiro atoms. The van der Waals surface area contributed by atoms with E-state index in [1.54, 1.807) is 12.1 Å². The molecule has 0 bridgehead atoms. The van der Waals surface area contributed by atoms with Crippen LogP contribution in [-0.4, -0.2) is 22.2 Å². The quantitative estimate of drug-likeness (QED) is 0.880. The maximum Gasteiger partial charge on any atom is 0.335 e. The fraction of sp³-hybridized carbons (Fsp3) is 0.438. The summed E-state index contributed by atoms with van der Waals surface area (Å²) in [5, 5.41) is 10.3. The fourth-order valence-electron chi connectivity index (χ4n) is 2.71. The summed E-state index contributed by atoms with van der Waals surface area (Å²) in [4.78, 5) is 11.3. The summed E-state index contributed by atoms with van der Waals surface area (Å²) in [6.45, 7) is 7.59. The van der Waals surface area contributed by atoms with Crippen molar-refractivity contribution >= 4 is 16.9 Å². The topological polar surface area (TPSA) is 68.2 Å². The van der Waals surface area contributed by atoms with Gasteiger partial charge in [0.1, 0.15) is 0 Å². The standard InChI is InChI=1S/C16H22N2O2/c1-4-11-9-18(6-5-17)15-13(10(2)3)7-12(16(19)20)8-14(11)15/h7-10H,4-6,17H2,1-3H3,(H,19,20). The first-order chi connectivity index (χ1) is 9.49. The molecule has 0 aliphatic rings. The van der Waals surface area contributed by atoms with Gasteiger partial charge in [0.25, 0.3) is 0 Å². The zero-order chi connectivity index (χ0) is 14.9. The van der Waals surface area contributed by atoms with E-state index < -0.39 is 5.97 Å². The van der Waals surface area contributed by atoms with Crippen LogP contribution in [0.3, 0.4) is 0 Å². The summed E-state index contributed by atoms with van der Waals surface area (Å²) in [7, 11) is 0. The van der Waals surface area contributed by atoms with Crippen molar-refractivity contribution in [2.24, 2.45) is 5.73 Å². The van der Waals surface area contributed by atoms with Crippen molar-refractivity contribution in [1.29, 1.82) is 0 Å². The highest BCUT2D eigenvalue weighted by atomic mass is 16.4. The fourth-order valence-corrected chi connectivity index (χ4v) is 2.71. The first-order valence-electron chi connectivity index (χ1n) is 7.08. The zero-order valence-electron chi connectivity index (χ0n) is 12.3. The molecule has 1 aromatic heterocycles. The van der Waals surface area contributed by atoms with E-state index in [2.05, 4.69) is 31.5 Å². The van der Waals surface area contributed by atoms with Gasteiger partial charge in [0.15, 0.2) is 0 Å². The first kappa shape index (κ1) is 14.6. The maximum atomic E-state index is 11.3. The van der Waals surface area contributed by atoms with Crippen LogP contribution in [0.4, 0.5) is 0 Å². The number of hydrogen-bond donors (Lipinski definition) is 2. The maximum absolute atomic E-state index is 11.3. The molecule has 4 nitrogen and oxygen atoms in total. The average Bonchev–Trinajstić information content (AvgIpc) is 2.76. The van der Waals surface area contributed by atoms with Gasteiger partial charge in [-0.2, -0.15) is 0 Å². The number of aromatic nitrogens is 1. The molecule has 1 aromatic carbocycles.